The predicted molar refractivity (Wildman–Crippen MR) is 115 cm³/mol. The largest absolute Gasteiger partial charge is 0.358 e. The van der Waals surface area contributed by atoms with Crippen LogP contribution in [-0.2, 0) is 11.2 Å². The zero-order valence-corrected chi connectivity index (χ0v) is 16.7. The lowest BCUT2D eigenvalue weighted by Crippen LogP contribution is -2.48. The maximum atomic E-state index is 13.0. The molecule has 0 aliphatic carbocycles. The van der Waals surface area contributed by atoms with Gasteiger partial charge in [-0.1, -0.05) is 30.3 Å². The number of nitrogens with zero attached hydrogens (tertiary/aromatic N) is 2. The summed E-state index contributed by atoms with van der Waals surface area (Å²) in [5.74, 6) is -0.135. The first-order valence-corrected chi connectivity index (χ1v) is 10.1. The lowest BCUT2D eigenvalue weighted by atomic mass is 10.1. The maximum absolute atomic E-state index is 13.0. The summed E-state index contributed by atoms with van der Waals surface area (Å²) in [6, 6.07) is 14.8. The second-order valence-corrected chi connectivity index (χ2v) is 7.59. The predicted octanol–water partition coefficient (Wildman–Crippen LogP) is 4.02. The molecule has 29 heavy (non-hydrogen) atoms. The number of rotatable bonds is 5. The fourth-order valence-electron chi connectivity index (χ4n) is 3.90. The molecule has 3 aromatic rings. The Morgan fingerprint density at radius 3 is 2.55 bits per heavy atom. The first-order valence-electron chi connectivity index (χ1n) is 10.1. The van der Waals surface area contributed by atoms with Crippen LogP contribution in [0.4, 0.5) is 4.39 Å². The molecule has 150 valence electrons. The fourth-order valence-corrected chi connectivity index (χ4v) is 3.90. The van der Waals surface area contributed by atoms with E-state index < -0.39 is 0 Å². The normalized spacial score (nSPS) is 15.4. The molecule has 1 N–H and O–H groups in total. The molecule has 2 aromatic carbocycles. The van der Waals surface area contributed by atoms with Gasteiger partial charge in [0.05, 0.1) is 0 Å². The first kappa shape index (κ1) is 19.4. The number of halogens is 1. The van der Waals surface area contributed by atoms with E-state index in [1.54, 1.807) is 6.08 Å². The third-order valence-corrected chi connectivity index (χ3v) is 5.65. The van der Waals surface area contributed by atoms with Gasteiger partial charge in [-0.25, -0.2) is 4.39 Å². The number of benzene rings is 2. The number of nitrogens with one attached hydrogen (secondary N) is 1. The van der Waals surface area contributed by atoms with Crippen LogP contribution in [0.15, 0.2) is 54.6 Å². The maximum Gasteiger partial charge on any atom is 0.246 e. The number of aromatic nitrogens is 1. The smallest absolute Gasteiger partial charge is 0.246 e. The molecule has 5 heteroatoms. The summed E-state index contributed by atoms with van der Waals surface area (Å²) in [6.07, 6.45) is 4.52. The number of hydrogen-bond acceptors (Lipinski definition) is 2. The van der Waals surface area contributed by atoms with Gasteiger partial charge in [0.2, 0.25) is 5.91 Å². The average Bonchev–Trinajstić information content (AvgIpc) is 3.07. The van der Waals surface area contributed by atoms with Gasteiger partial charge in [0.1, 0.15) is 5.82 Å². The van der Waals surface area contributed by atoms with Gasteiger partial charge < -0.3 is 9.88 Å². The highest BCUT2D eigenvalue weighted by atomic mass is 19.1. The fraction of sp³-hybridized carbons (Fsp3) is 0.292. The van der Waals surface area contributed by atoms with Crippen molar-refractivity contribution < 1.29 is 9.18 Å². The Hall–Kier alpha value is -2.92. The second kappa shape index (κ2) is 8.62. The molecule has 4 rings (SSSR count). The highest BCUT2D eigenvalue weighted by molar-refractivity contribution is 5.97. The van der Waals surface area contributed by atoms with Gasteiger partial charge >= 0.3 is 0 Å². The van der Waals surface area contributed by atoms with Crippen LogP contribution in [0.5, 0.6) is 0 Å². The van der Waals surface area contributed by atoms with Crippen LogP contribution in [-0.4, -0.2) is 53.4 Å². The lowest BCUT2D eigenvalue weighted by Gasteiger charge is -2.34. The second-order valence-electron chi connectivity index (χ2n) is 7.59. The zero-order chi connectivity index (χ0) is 20.2. The molecule has 1 aromatic heterocycles. The molecule has 0 saturated carbocycles. The monoisotopic (exact) mass is 391 g/mol. The van der Waals surface area contributed by atoms with Crippen LogP contribution < -0.4 is 0 Å². The van der Waals surface area contributed by atoms with Gasteiger partial charge in [0, 0.05) is 61.0 Å². The third kappa shape index (κ3) is 4.57. The number of fused-ring (bicyclic) bond motifs is 1. The Morgan fingerprint density at radius 1 is 1.07 bits per heavy atom. The minimum absolute atomic E-state index is 0.0628. The van der Waals surface area contributed by atoms with Gasteiger partial charge in [-0.2, -0.15) is 0 Å². The molecule has 1 saturated heterocycles. The number of amides is 1. The highest BCUT2D eigenvalue weighted by Gasteiger charge is 2.19. The number of hydrogen-bond donors (Lipinski definition) is 1. The molecule has 0 bridgehead atoms. The van der Waals surface area contributed by atoms with E-state index in [4.69, 9.17) is 0 Å². The van der Waals surface area contributed by atoms with E-state index in [1.165, 1.54) is 12.1 Å². The number of H-pyrrole nitrogens is 1. The molecular weight excluding hydrogens is 365 g/mol. The zero-order valence-electron chi connectivity index (χ0n) is 16.7. The van der Waals surface area contributed by atoms with E-state index in [-0.39, 0.29) is 11.7 Å². The van der Waals surface area contributed by atoms with Crippen molar-refractivity contribution in [2.75, 3.05) is 32.7 Å². The molecule has 0 unspecified atom stereocenters. The molecule has 2 heterocycles. The molecule has 0 radical (unpaired) electrons. The van der Waals surface area contributed by atoms with Crippen molar-refractivity contribution in [3.63, 3.8) is 0 Å². The molecule has 1 fully saturated rings. The van der Waals surface area contributed by atoms with E-state index in [0.29, 0.717) is 0 Å². The molecule has 1 aliphatic rings. The summed E-state index contributed by atoms with van der Waals surface area (Å²) >= 11 is 0. The Balaban J connectivity index is 1.30. The summed E-state index contributed by atoms with van der Waals surface area (Å²) in [7, 11) is 0. The Kier molecular flexibility index (Phi) is 5.76. The summed E-state index contributed by atoms with van der Waals surface area (Å²) < 4.78 is 13.0. The first-order chi connectivity index (χ1) is 14.1. The van der Waals surface area contributed by atoms with Gasteiger partial charge in [0.25, 0.3) is 0 Å². The SMILES string of the molecule is Cc1[nH]c2ccccc2c1/C=C/C(=O)N1CCN(CCc2ccc(F)cc2)CC1. The summed E-state index contributed by atoms with van der Waals surface area (Å²) in [4.78, 5) is 20.3. The topological polar surface area (TPSA) is 39.3 Å². The van der Waals surface area contributed by atoms with Crippen molar-refractivity contribution in [2.45, 2.75) is 13.3 Å². The highest BCUT2D eigenvalue weighted by Crippen LogP contribution is 2.23. The van der Waals surface area contributed by atoms with E-state index >= 15 is 0 Å². The van der Waals surface area contributed by atoms with Crippen molar-refractivity contribution in [1.29, 1.82) is 0 Å². The minimum Gasteiger partial charge on any atom is -0.358 e. The molecule has 1 aliphatic heterocycles. The number of piperazine rings is 1. The Bertz CT molecular complexity index is 1010. The van der Waals surface area contributed by atoms with Gasteiger partial charge in [-0.3, -0.25) is 9.69 Å². The summed E-state index contributed by atoms with van der Waals surface area (Å²) in [6.45, 7) is 6.17. The van der Waals surface area contributed by atoms with Crippen LogP contribution in [0.3, 0.4) is 0 Å². The van der Waals surface area contributed by atoms with Crippen LogP contribution in [0, 0.1) is 12.7 Å². The van der Waals surface area contributed by atoms with Crippen molar-refractivity contribution in [3.05, 3.63) is 77.2 Å². The number of para-hydroxylation sites is 1. The van der Waals surface area contributed by atoms with Crippen LogP contribution >= 0.6 is 0 Å². The molecule has 0 atom stereocenters. The van der Waals surface area contributed by atoms with Crippen LogP contribution in [0.2, 0.25) is 0 Å². The van der Waals surface area contributed by atoms with E-state index in [9.17, 15) is 9.18 Å². The molecule has 4 nitrogen and oxygen atoms in total. The number of carbonyl (C=O) groups is 1. The van der Waals surface area contributed by atoms with Crippen LogP contribution in [0.25, 0.3) is 17.0 Å². The number of aromatic amines is 1. The summed E-state index contributed by atoms with van der Waals surface area (Å²) in [5.41, 5.74) is 4.38. The Labute approximate surface area is 170 Å². The van der Waals surface area contributed by atoms with E-state index in [1.807, 2.05) is 48.2 Å². The minimum atomic E-state index is -0.197. The molecule has 0 spiro atoms. The van der Waals surface area contributed by atoms with Crippen LogP contribution in [0.1, 0.15) is 16.8 Å². The summed E-state index contributed by atoms with van der Waals surface area (Å²) in [5, 5.41) is 1.14. The third-order valence-electron chi connectivity index (χ3n) is 5.65. The van der Waals surface area contributed by atoms with Gasteiger partial charge in [-0.15, -0.1) is 0 Å². The van der Waals surface area contributed by atoms with Crippen molar-refractivity contribution in [1.82, 2.24) is 14.8 Å². The van der Waals surface area contributed by atoms with Gasteiger partial charge in [-0.05, 0) is 43.2 Å². The lowest BCUT2D eigenvalue weighted by molar-refractivity contribution is -0.127. The number of carbonyl (C=O) groups excluding carboxylic acids is 1. The molecule has 1 amide bonds. The standard InChI is InChI=1S/C24H26FN3O/c1-18-21(22-4-2-3-5-23(22)26-18)10-11-24(29)28-16-14-27(15-17-28)13-12-19-6-8-20(25)9-7-19/h2-11,26H,12-17H2,1H3/b11-10+. The van der Waals surface area contributed by atoms with Gasteiger partial charge in [0.15, 0.2) is 0 Å². The number of aryl methyl sites for hydroxylation is 1. The molecular formula is C24H26FN3O. The van der Waals surface area contributed by atoms with Crippen molar-refractivity contribution in [3.8, 4) is 0 Å². The Morgan fingerprint density at radius 2 is 1.79 bits per heavy atom. The van der Waals surface area contributed by atoms with E-state index in [0.717, 1.165) is 66.9 Å². The quantitative estimate of drug-likeness (QED) is 0.668. The van der Waals surface area contributed by atoms with E-state index in [2.05, 4.69) is 16.0 Å². The average molecular weight is 391 g/mol. The van der Waals surface area contributed by atoms with Crippen molar-refractivity contribution in [2.24, 2.45) is 0 Å². The van der Waals surface area contributed by atoms with Crippen molar-refractivity contribution >= 4 is 22.9 Å².